The first-order valence-electron chi connectivity index (χ1n) is 11.3. The van der Waals surface area contributed by atoms with Gasteiger partial charge in [-0.25, -0.2) is 15.0 Å². The standard InChI is InChI=1S/C23H26F3N7O3/c1-12-9-15-16(10-13(12)2)31-21(30-15)17(19(27)34)20-29-11-14(18(32-20)23(24,25)26)22(35)28-3-4-33-5-7-36-8-6-33/h9-11,17H,3-8H2,1-2H3,(H2,27,34)(H,28,35)(H,30,31). The van der Waals surface area contributed by atoms with E-state index in [0.29, 0.717) is 43.9 Å². The monoisotopic (exact) mass is 505 g/mol. The van der Waals surface area contributed by atoms with E-state index in [1.54, 1.807) is 6.07 Å². The van der Waals surface area contributed by atoms with Crippen molar-refractivity contribution in [2.45, 2.75) is 25.9 Å². The number of aromatic nitrogens is 4. The van der Waals surface area contributed by atoms with Gasteiger partial charge < -0.3 is 20.8 Å². The number of carbonyl (C=O) groups is 2. The Morgan fingerprint density at radius 3 is 2.56 bits per heavy atom. The molecule has 0 radical (unpaired) electrons. The van der Waals surface area contributed by atoms with Gasteiger partial charge in [0.15, 0.2) is 11.6 Å². The molecule has 36 heavy (non-hydrogen) atoms. The number of aryl methyl sites for hydroxylation is 2. The molecule has 3 heterocycles. The number of alkyl halides is 3. The fourth-order valence-corrected chi connectivity index (χ4v) is 3.97. The van der Waals surface area contributed by atoms with E-state index >= 15 is 0 Å². The smallest absolute Gasteiger partial charge is 0.379 e. The van der Waals surface area contributed by atoms with Crippen molar-refractivity contribution >= 4 is 22.8 Å². The molecule has 192 valence electrons. The third-order valence-corrected chi connectivity index (χ3v) is 6.07. The molecule has 2 aromatic heterocycles. The average Bonchev–Trinajstić information content (AvgIpc) is 3.21. The molecule has 0 saturated carbocycles. The zero-order valence-corrected chi connectivity index (χ0v) is 19.8. The van der Waals surface area contributed by atoms with Crippen molar-refractivity contribution in [1.29, 1.82) is 0 Å². The van der Waals surface area contributed by atoms with Gasteiger partial charge >= 0.3 is 6.18 Å². The van der Waals surface area contributed by atoms with Crippen LogP contribution in [-0.2, 0) is 15.7 Å². The lowest BCUT2D eigenvalue weighted by molar-refractivity contribution is -0.142. The van der Waals surface area contributed by atoms with Crippen molar-refractivity contribution in [2.24, 2.45) is 5.73 Å². The molecule has 10 nitrogen and oxygen atoms in total. The summed E-state index contributed by atoms with van der Waals surface area (Å²) in [4.78, 5) is 41.7. The molecule has 1 unspecified atom stereocenters. The van der Waals surface area contributed by atoms with Crippen LogP contribution in [0.1, 0.15) is 44.7 Å². The first kappa shape index (κ1) is 25.5. The van der Waals surface area contributed by atoms with Crippen molar-refractivity contribution in [3.63, 3.8) is 0 Å². The van der Waals surface area contributed by atoms with Gasteiger partial charge in [-0.1, -0.05) is 0 Å². The summed E-state index contributed by atoms with van der Waals surface area (Å²) in [5, 5.41) is 2.48. The number of hydrogen-bond acceptors (Lipinski definition) is 7. The molecule has 1 fully saturated rings. The van der Waals surface area contributed by atoms with Crippen molar-refractivity contribution in [3.05, 3.63) is 52.4 Å². The molecule has 0 spiro atoms. The maximum Gasteiger partial charge on any atom is 0.434 e. The minimum Gasteiger partial charge on any atom is -0.379 e. The Balaban J connectivity index is 1.62. The number of imidazole rings is 1. The predicted molar refractivity (Wildman–Crippen MR) is 123 cm³/mol. The van der Waals surface area contributed by atoms with Crippen molar-refractivity contribution in [1.82, 2.24) is 30.2 Å². The molecule has 0 bridgehead atoms. The van der Waals surface area contributed by atoms with Crippen LogP contribution < -0.4 is 11.1 Å². The van der Waals surface area contributed by atoms with Crippen molar-refractivity contribution in [2.75, 3.05) is 39.4 Å². The summed E-state index contributed by atoms with van der Waals surface area (Å²) < 4.78 is 46.9. The van der Waals surface area contributed by atoms with Gasteiger partial charge in [0, 0.05) is 32.4 Å². The Morgan fingerprint density at radius 1 is 1.19 bits per heavy atom. The van der Waals surface area contributed by atoms with Gasteiger partial charge in [0.2, 0.25) is 5.91 Å². The van der Waals surface area contributed by atoms with E-state index in [4.69, 9.17) is 10.5 Å². The Bertz CT molecular complexity index is 1250. The Labute approximate surface area is 204 Å². The van der Waals surface area contributed by atoms with Crippen LogP contribution in [-0.4, -0.2) is 76.0 Å². The fraction of sp³-hybridized carbons (Fsp3) is 0.435. The summed E-state index contributed by atoms with van der Waals surface area (Å²) in [5.74, 6) is -3.92. The summed E-state index contributed by atoms with van der Waals surface area (Å²) in [6, 6.07) is 3.60. The predicted octanol–water partition coefficient (Wildman–Crippen LogP) is 1.67. The number of carbonyl (C=O) groups excluding carboxylic acids is 2. The summed E-state index contributed by atoms with van der Waals surface area (Å²) in [5.41, 5.74) is 6.36. The minimum absolute atomic E-state index is 0.0123. The SMILES string of the molecule is Cc1cc2nc(C(C(N)=O)c3ncc(C(=O)NCCN4CCOCC4)c(C(F)(F)F)n3)[nH]c2cc1C. The molecule has 1 aliphatic heterocycles. The second-order valence-corrected chi connectivity index (χ2v) is 8.61. The average molecular weight is 506 g/mol. The number of fused-ring (bicyclic) bond motifs is 1. The Hall–Kier alpha value is -3.58. The summed E-state index contributed by atoms with van der Waals surface area (Å²) in [6.07, 6.45) is -4.21. The largest absolute Gasteiger partial charge is 0.434 e. The highest BCUT2D eigenvalue weighted by atomic mass is 19.4. The van der Waals surface area contributed by atoms with Gasteiger partial charge in [-0.05, 0) is 37.1 Å². The molecular formula is C23H26F3N7O3. The number of nitrogens with zero attached hydrogens (tertiary/aromatic N) is 4. The lowest BCUT2D eigenvalue weighted by Gasteiger charge is -2.26. The van der Waals surface area contributed by atoms with Gasteiger partial charge in [0.25, 0.3) is 5.91 Å². The van der Waals surface area contributed by atoms with Gasteiger partial charge in [-0.2, -0.15) is 13.2 Å². The summed E-state index contributed by atoms with van der Waals surface area (Å²) >= 11 is 0. The van der Waals surface area contributed by atoms with Gasteiger partial charge in [0.1, 0.15) is 11.6 Å². The van der Waals surface area contributed by atoms with Crippen LogP contribution >= 0.6 is 0 Å². The minimum atomic E-state index is -4.97. The highest BCUT2D eigenvalue weighted by molar-refractivity contribution is 5.95. The third-order valence-electron chi connectivity index (χ3n) is 6.07. The van der Waals surface area contributed by atoms with Crippen LogP contribution in [0.4, 0.5) is 13.2 Å². The van der Waals surface area contributed by atoms with Crippen LogP contribution in [0, 0.1) is 13.8 Å². The highest BCUT2D eigenvalue weighted by Crippen LogP contribution is 2.32. The fourth-order valence-electron chi connectivity index (χ4n) is 3.97. The first-order valence-corrected chi connectivity index (χ1v) is 11.3. The maximum absolute atomic E-state index is 13.9. The number of rotatable bonds is 7. The van der Waals surface area contributed by atoms with Crippen LogP contribution in [0.3, 0.4) is 0 Å². The van der Waals surface area contributed by atoms with Gasteiger partial charge in [-0.3, -0.25) is 14.5 Å². The number of halogens is 3. The molecule has 4 rings (SSSR count). The van der Waals surface area contributed by atoms with Crippen LogP contribution in [0.2, 0.25) is 0 Å². The third kappa shape index (κ3) is 5.46. The number of nitrogens with two attached hydrogens (primary N) is 1. The topological polar surface area (TPSA) is 139 Å². The lowest BCUT2D eigenvalue weighted by Crippen LogP contribution is -2.41. The molecule has 1 aromatic carbocycles. The number of ether oxygens (including phenoxy) is 1. The molecular weight excluding hydrogens is 479 g/mol. The zero-order valence-electron chi connectivity index (χ0n) is 19.8. The maximum atomic E-state index is 13.9. The molecule has 0 aliphatic carbocycles. The summed E-state index contributed by atoms with van der Waals surface area (Å²) in [6.45, 7) is 6.86. The van der Waals surface area contributed by atoms with Gasteiger partial charge in [0.05, 0.1) is 29.8 Å². The molecule has 1 atom stereocenters. The molecule has 13 heteroatoms. The van der Waals surface area contributed by atoms with E-state index < -0.39 is 41.0 Å². The van der Waals surface area contributed by atoms with E-state index in [0.717, 1.165) is 17.3 Å². The first-order chi connectivity index (χ1) is 17.0. The van der Waals surface area contributed by atoms with Gasteiger partial charge in [-0.15, -0.1) is 0 Å². The Morgan fingerprint density at radius 2 is 1.89 bits per heavy atom. The number of H-pyrrole nitrogens is 1. The number of aromatic amines is 1. The molecule has 1 aliphatic rings. The van der Waals surface area contributed by atoms with Crippen LogP contribution in [0.25, 0.3) is 11.0 Å². The highest BCUT2D eigenvalue weighted by Gasteiger charge is 2.39. The van der Waals surface area contributed by atoms with Crippen molar-refractivity contribution < 1.29 is 27.5 Å². The number of nitrogens with one attached hydrogen (secondary N) is 2. The molecule has 1 saturated heterocycles. The lowest BCUT2D eigenvalue weighted by atomic mass is 10.1. The van der Waals surface area contributed by atoms with Crippen LogP contribution in [0.15, 0.2) is 18.3 Å². The van der Waals surface area contributed by atoms with E-state index in [9.17, 15) is 22.8 Å². The number of hydrogen-bond donors (Lipinski definition) is 3. The second kappa shape index (κ2) is 10.2. The number of primary amides is 1. The zero-order chi connectivity index (χ0) is 26.0. The van der Waals surface area contributed by atoms with E-state index in [2.05, 4.69) is 25.3 Å². The molecule has 2 amide bonds. The quantitative estimate of drug-likeness (QED) is 0.444. The summed E-state index contributed by atoms with van der Waals surface area (Å²) in [7, 11) is 0. The van der Waals surface area contributed by atoms with E-state index in [-0.39, 0.29) is 12.4 Å². The Kier molecular flexibility index (Phi) is 7.22. The van der Waals surface area contributed by atoms with E-state index in [1.165, 1.54) is 0 Å². The number of benzene rings is 1. The second-order valence-electron chi connectivity index (χ2n) is 8.61. The number of amides is 2. The molecule has 4 N–H and O–H groups in total. The normalized spacial score (nSPS) is 15.7. The van der Waals surface area contributed by atoms with E-state index in [1.807, 2.05) is 24.8 Å². The number of morpholine rings is 1. The van der Waals surface area contributed by atoms with Crippen LogP contribution in [0.5, 0.6) is 0 Å². The van der Waals surface area contributed by atoms with Crippen molar-refractivity contribution in [3.8, 4) is 0 Å². The molecule has 3 aromatic rings.